The van der Waals surface area contributed by atoms with Gasteiger partial charge in [0.1, 0.15) is 16.7 Å². The number of pyridine rings is 1. The summed E-state index contributed by atoms with van der Waals surface area (Å²) in [5.41, 5.74) is 2.77. The molecule has 4 aromatic rings. The van der Waals surface area contributed by atoms with E-state index in [2.05, 4.69) is 10.3 Å². The second-order valence-electron chi connectivity index (χ2n) is 5.76. The van der Waals surface area contributed by atoms with Gasteiger partial charge >= 0.3 is 5.63 Å². The number of aromatic nitrogens is 1. The van der Waals surface area contributed by atoms with E-state index in [1.807, 2.05) is 42.5 Å². The fraction of sp³-hybridized carbons (Fsp3) is 0.100. The first-order chi connectivity index (χ1) is 12.2. The quantitative estimate of drug-likeness (QED) is 0.601. The summed E-state index contributed by atoms with van der Waals surface area (Å²) in [7, 11) is 0. The molecule has 0 saturated heterocycles. The van der Waals surface area contributed by atoms with Crippen molar-refractivity contribution in [2.24, 2.45) is 0 Å². The molecule has 0 saturated carbocycles. The molecule has 3 aromatic heterocycles. The Bertz CT molecular complexity index is 1070. The van der Waals surface area contributed by atoms with Gasteiger partial charge in [-0.2, -0.15) is 0 Å². The van der Waals surface area contributed by atoms with Gasteiger partial charge in [0.15, 0.2) is 0 Å². The van der Waals surface area contributed by atoms with Crippen molar-refractivity contribution in [3.8, 4) is 11.1 Å². The molecule has 5 nitrogen and oxygen atoms in total. The highest BCUT2D eigenvalue weighted by Crippen LogP contribution is 2.37. The van der Waals surface area contributed by atoms with Crippen LogP contribution in [-0.4, -0.2) is 4.98 Å². The van der Waals surface area contributed by atoms with Crippen molar-refractivity contribution < 1.29 is 8.83 Å². The molecule has 124 valence electrons. The number of nitrogens with zero attached hydrogens (tertiary/aromatic N) is 1. The van der Waals surface area contributed by atoms with E-state index in [-0.39, 0.29) is 0 Å². The minimum atomic E-state index is -0.404. The number of furan rings is 1. The molecule has 0 aliphatic rings. The fourth-order valence-corrected chi connectivity index (χ4v) is 2.86. The van der Waals surface area contributed by atoms with E-state index in [1.54, 1.807) is 25.4 Å². The van der Waals surface area contributed by atoms with Gasteiger partial charge in [0.05, 0.1) is 5.56 Å². The zero-order chi connectivity index (χ0) is 17.2. The van der Waals surface area contributed by atoms with Gasteiger partial charge in [0.25, 0.3) is 0 Å². The maximum Gasteiger partial charge on any atom is 0.347 e. The summed E-state index contributed by atoms with van der Waals surface area (Å²) < 4.78 is 11.2. The molecule has 0 bridgehead atoms. The van der Waals surface area contributed by atoms with Crippen LogP contribution in [0.15, 0.2) is 74.6 Å². The van der Waals surface area contributed by atoms with Gasteiger partial charge in [-0.15, -0.1) is 0 Å². The maximum atomic E-state index is 12.4. The van der Waals surface area contributed by atoms with Crippen LogP contribution in [0, 0.1) is 6.92 Å². The number of hydrogen-bond donors (Lipinski definition) is 1. The molecule has 0 spiro atoms. The number of hydrogen-bond acceptors (Lipinski definition) is 5. The molecule has 0 amide bonds. The zero-order valence-corrected chi connectivity index (χ0v) is 13.7. The van der Waals surface area contributed by atoms with E-state index >= 15 is 0 Å². The second-order valence-corrected chi connectivity index (χ2v) is 5.76. The van der Waals surface area contributed by atoms with Gasteiger partial charge in [0, 0.05) is 25.0 Å². The Hall–Kier alpha value is -3.34. The molecule has 0 unspecified atom stereocenters. The van der Waals surface area contributed by atoms with Crippen LogP contribution in [0.2, 0.25) is 0 Å². The SMILES string of the molecule is Cc1cc2oc(NCc3ccccc3)c(-c3ccncc3)c2c(=O)o1. The van der Waals surface area contributed by atoms with E-state index in [0.717, 1.165) is 11.1 Å². The highest BCUT2D eigenvalue weighted by molar-refractivity contribution is 5.99. The average molecular weight is 332 g/mol. The van der Waals surface area contributed by atoms with Gasteiger partial charge < -0.3 is 14.2 Å². The predicted molar refractivity (Wildman–Crippen MR) is 96.5 cm³/mol. The van der Waals surface area contributed by atoms with Gasteiger partial charge in [-0.3, -0.25) is 4.98 Å². The molecule has 0 fully saturated rings. The highest BCUT2D eigenvalue weighted by Gasteiger charge is 2.20. The molecule has 25 heavy (non-hydrogen) atoms. The Balaban J connectivity index is 1.85. The molecule has 0 aliphatic heterocycles. The molecule has 0 aliphatic carbocycles. The van der Waals surface area contributed by atoms with E-state index in [0.29, 0.717) is 34.7 Å². The fourth-order valence-electron chi connectivity index (χ4n) is 2.86. The summed E-state index contributed by atoms with van der Waals surface area (Å²) >= 11 is 0. The van der Waals surface area contributed by atoms with Crippen LogP contribution in [0.3, 0.4) is 0 Å². The van der Waals surface area contributed by atoms with Crippen LogP contribution in [-0.2, 0) is 6.54 Å². The number of benzene rings is 1. The van der Waals surface area contributed by atoms with Crippen molar-refractivity contribution in [3.05, 3.63) is 82.7 Å². The third-order valence-electron chi connectivity index (χ3n) is 3.99. The lowest BCUT2D eigenvalue weighted by Crippen LogP contribution is -2.02. The van der Waals surface area contributed by atoms with Gasteiger partial charge in [0.2, 0.25) is 5.88 Å². The first-order valence-electron chi connectivity index (χ1n) is 7.98. The Morgan fingerprint density at radius 3 is 2.56 bits per heavy atom. The topological polar surface area (TPSA) is 68.3 Å². The summed E-state index contributed by atoms with van der Waals surface area (Å²) in [4.78, 5) is 16.5. The van der Waals surface area contributed by atoms with Crippen molar-refractivity contribution in [1.82, 2.24) is 4.98 Å². The predicted octanol–water partition coefficient (Wildman–Crippen LogP) is 4.37. The molecular weight excluding hydrogens is 316 g/mol. The standard InChI is InChI=1S/C20H16N2O3/c1-13-11-16-18(20(23)24-13)17(15-7-9-21-10-8-15)19(25-16)22-12-14-5-3-2-4-6-14/h2-11,22H,12H2,1H3. The van der Waals surface area contributed by atoms with E-state index in [4.69, 9.17) is 8.83 Å². The maximum absolute atomic E-state index is 12.4. The molecule has 4 rings (SSSR count). The lowest BCUT2D eigenvalue weighted by atomic mass is 10.1. The van der Waals surface area contributed by atoms with Crippen molar-refractivity contribution in [2.75, 3.05) is 5.32 Å². The highest BCUT2D eigenvalue weighted by atomic mass is 16.4. The number of anilines is 1. The summed E-state index contributed by atoms with van der Waals surface area (Å²) in [6.07, 6.45) is 3.37. The molecule has 0 radical (unpaired) electrons. The van der Waals surface area contributed by atoms with E-state index < -0.39 is 5.63 Å². The monoisotopic (exact) mass is 332 g/mol. The third-order valence-corrected chi connectivity index (χ3v) is 3.99. The average Bonchev–Trinajstić information content (AvgIpc) is 3.00. The molecule has 1 aromatic carbocycles. The van der Waals surface area contributed by atoms with Crippen LogP contribution in [0.25, 0.3) is 22.1 Å². The molecular formula is C20H16N2O3. The summed E-state index contributed by atoms with van der Waals surface area (Å²) in [5.74, 6) is 1.06. The van der Waals surface area contributed by atoms with Crippen molar-refractivity contribution in [2.45, 2.75) is 13.5 Å². The zero-order valence-electron chi connectivity index (χ0n) is 13.7. The number of aryl methyl sites for hydroxylation is 1. The molecule has 3 heterocycles. The van der Waals surface area contributed by atoms with Crippen LogP contribution in [0.1, 0.15) is 11.3 Å². The van der Waals surface area contributed by atoms with E-state index in [1.165, 1.54) is 0 Å². The normalized spacial score (nSPS) is 10.9. The lowest BCUT2D eigenvalue weighted by molar-refractivity contribution is 0.485. The Morgan fingerprint density at radius 1 is 1.04 bits per heavy atom. The van der Waals surface area contributed by atoms with Crippen molar-refractivity contribution >= 4 is 16.9 Å². The molecule has 5 heteroatoms. The van der Waals surface area contributed by atoms with Gasteiger partial charge in [-0.05, 0) is 30.2 Å². The minimum Gasteiger partial charge on any atom is -0.440 e. The summed E-state index contributed by atoms with van der Waals surface area (Å²) in [6.45, 7) is 2.32. The first kappa shape index (κ1) is 15.2. The van der Waals surface area contributed by atoms with Crippen LogP contribution in [0.5, 0.6) is 0 Å². The van der Waals surface area contributed by atoms with Crippen molar-refractivity contribution in [3.63, 3.8) is 0 Å². The Labute approximate surface area is 143 Å². The van der Waals surface area contributed by atoms with Gasteiger partial charge in [-0.1, -0.05) is 30.3 Å². The van der Waals surface area contributed by atoms with E-state index in [9.17, 15) is 4.79 Å². The molecule has 1 N–H and O–H groups in total. The summed E-state index contributed by atoms with van der Waals surface area (Å²) in [6, 6.07) is 15.4. The van der Waals surface area contributed by atoms with Gasteiger partial charge in [-0.25, -0.2) is 4.79 Å². The lowest BCUT2D eigenvalue weighted by Gasteiger charge is -2.06. The Morgan fingerprint density at radius 2 is 1.80 bits per heavy atom. The minimum absolute atomic E-state index is 0.404. The van der Waals surface area contributed by atoms with Crippen LogP contribution >= 0.6 is 0 Å². The van der Waals surface area contributed by atoms with Crippen LogP contribution in [0.4, 0.5) is 5.88 Å². The summed E-state index contributed by atoms with van der Waals surface area (Å²) in [5, 5.41) is 3.73. The molecule has 0 atom stereocenters. The number of nitrogens with one attached hydrogen (secondary N) is 1. The largest absolute Gasteiger partial charge is 0.440 e. The first-order valence-corrected chi connectivity index (χ1v) is 7.98. The van der Waals surface area contributed by atoms with Crippen LogP contribution < -0.4 is 10.9 Å². The number of fused-ring (bicyclic) bond motifs is 1. The smallest absolute Gasteiger partial charge is 0.347 e. The van der Waals surface area contributed by atoms with Crippen molar-refractivity contribution in [1.29, 1.82) is 0 Å². The second kappa shape index (κ2) is 6.28. The Kier molecular flexibility index (Phi) is 3.82. The number of rotatable bonds is 4. The third kappa shape index (κ3) is 2.92.